The third-order valence-corrected chi connectivity index (χ3v) is 4.92. The zero-order chi connectivity index (χ0) is 21.7. The van der Waals surface area contributed by atoms with Gasteiger partial charge < -0.3 is 10.4 Å². The topological polar surface area (TPSA) is 101 Å². The number of carbonyl (C=O) groups is 2. The van der Waals surface area contributed by atoms with E-state index in [0.29, 0.717) is 17.3 Å². The van der Waals surface area contributed by atoms with Crippen molar-refractivity contribution in [2.75, 3.05) is 0 Å². The van der Waals surface area contributed by atoms with Gasteiger partial charge in [-0.3, -0.25) is 14.2 Å². The second-order valence-electron chi connectivity index (χ2n) is 7.71. The zero-order valence-electron chi connectivity index (χ0n) is 17.0. The number of hydrogen-bond acceptors (Lipinski definition) is 4. The Morgan fingerprint density at radius 1 is 1.07 bits per heavy atom. The Morgan fingerprint density at radius 3 is 2.40 bits per heavy atom. The molecule has 0 saturated carbocycles. The molecule has 2 unspecified atom stereocenters. The Hall–Kier alpha value is -3.48. The van der Waals surface area contributed by atoms with Gasteiger partial charge in [-0.2, -0.15) is 0 Å². The summed E-state index contributed by atoms with van der Waals surface area (Å²) in [4.78, 5) is 42.2. The molecule has 0 radical (unpaired) electrons. The molecule has 156 valence electrons. The van der Waals surface area contributed by atoms with E-state index in [1.165, 1.54) is 10.9 Å². The summed E-state index contributed by atoms with van der Waals surface area (Å²) in [6.45, 7) is 3.78. The third-order valence-electron chi connectivity index (χ3n) is 4.92. The van der Waals surface area contributed by atoms with Gasteiger partial charge in [0.25, 0.3) is 5.56 Å². The predicted molar refractivity (Wildman–Crippen MR) is 114 cm³/mol. The summed E-state index contributed by atoms with van der Waals surface area (Å²) in [7, 11) is 0. The maximum Gasteiger partial charge on any atom is 0.326 e. The highest BCUT2D eigenvalue weighted by Gasteiger charge is 2.28. The number of aliphatic carboxylic acids is 1. The van der Waals surface area contributed by atoms with E-state index in [1.54, 1.807) is 24.3 Å². The molecule has 0 aliphatic rings. The van der Waals surface area contributed by atoms with Crippen LogP contribution in [-0.2, 0) is 16.0 Å². The lowest BCUT2D eigenvalue weighted by Gasteiger charge is -2.23. The molecular weight excluding hydrogens is 382 g/mol. The quantitative estimate of drug-likeness (QED) is 0.598. The number of fused-ring (bicyclic) bond motifs is 1. The van der Waals surface area contributed by atoms with Gasteiger partial charge in [0.2, 0.25) is 5.91 Å². The number of benzene rings is 2. The van der Waals surface area contributed by atoms with Crippen LogP contribution in [0.5, 0.6) is 0 Å². The van der Waals surface area contributed by atoms with Crippen molar-refractivity contribution in [1.29, 1.82) is 0 Å². The van der Waals surface area contributed by atoms with Gasteiger partial charge in [0.05, 0.1) is 17.2 Å². The van der Waals surface area contributed by atoms with Crippen molar-refractivity contribution in [3.05, 3.63) is 76.8 Å². The van der Waals surface area contributed by atoms with Gasteiger partial charge in [-0.25, -0.2) is 9.78 Å². The van der Waals surface area contributed by atoms with Crippen molar-refractivity contribution in [2.24, 2.45) is 5.92 Å². The standard InChI is InChI=1S/C23H25N3O4/c1-15(2)12-19(23(29)30)25-21(27)20(13-16-8-4-3-5-9-16)26-14-24-18-11-7-6-10-17(18)22(26)28/h3-11,14-15,19-20H,12-13H2,1-2H3,(H,25,27)(H,29,30). The minimum atomic E-state index is -1.10. The summed E-state index contributed by atoms with van der Waals surface area (Å²) in [5.41, 5.74) is 1.06. The molecule has 0 spiro atoms. The van der Waals surface area contributed by atoms with Gasteiger partial charge in [-0.15, -0.1) is 0 Å². The first-order chi connectivity index (χ1) is 14.4. The normalized spacial score (nSPS) is 13.2. The van der Waals surface area contributed by atoms with Crippen LogP contribution in [0.15, 0.2) is 65.7 Å². The Balaban J connectivity index is 2.00. The fourth-order valence-corrected chi connectivity index (χ4v) is 3.42. The molecule has 0 bridgehead atoms. The van der Waals surface area contributed by atoms with Gasteiger partial charge >= 0.3 is 5.97 Å². The van der Waals surface area contributed by atoms with Crippen LogP contribution in [0.2, 0.25) is 0 Å². The maximum absolute atomic E-state index is 13.2. The molecule has 2 aromatic carbocycles. The lowest BCUT2D eigenvalue weighted by molar-refractivity contribution is -0.142. The summed E-state index contributed by atoms with van der Waals surface area (Å²) in [5, 5.41) is 12.5. The number of carbonyl (C=O) groups excluding carboxylic acids is 1. The molecule has 0 saturated heterocycles. The van der Waals surface area contributed by atoms with E-state index in [4.69, 9.17) is 0 Å². The summed E-state index contributed by atoms with van der Waals surface area (Å²) in [6.07, 6.45) is 1.89. The van der Waals surface area contributed by atoms with Gasteiger partial charge in [0, 0.05) is 6.42 Å². The minimum absolute atomic E-state index is 0.0871. The zero-order valence-corrected chi connectivity index (χ0v) is 17.0. The summed E-state index contributed by atoms with van der Waals surface area (Å²) in [6, 6.07) is 14.3. The number of para-hydroxylation sites is 1. The van der Waals surface area contributed by atoms with Crippen LogP contribution in [0.25, 0.3) is 10.9 Å². The fraction of sp³-hybridized carbons (Fsp3) is 0.304. The minimum Gasteiger partial charge on any atom is -0.480 e. The number of hydrogen-bond donors (Lipinski definition) is 2. The van der Waals surface area contributed by atoms with E-state index in [2.05, 4.69) is 10.3 Å². The molecule has 0 aliphatic carbocycles. The number of aromatic nitrogens is 2. The van der Waals surface area contributed by atoms with E-state index in [0.717, 1.165) is 5.56 Å². The predicted octanol–water partition coefficient (Wildman–Crippen LogP) is 2.80. The smallest absolute Gasteiger partial charge is 0.326 e. The molecule has 7 heteroatoms. The molecule has 0 aliphatic heterocycles. The monoisotopic (exact) mass is 407 g/mol. The van der Waals surface area contributed by atoms with Crippen molar-refractivity contribution in [3.63, 3.8) is 0 Å². The fourth-order valence-electron chi connectivity index (χ4n) is 3.42. The Labute approximate surface area is 174 Å². The highest BCUT2D eigenvalue weighted by Crippen LogP contribution is 2.16. The number of rotatable bonds is 8. The average molecular weight is 407 g/mol. The van der Waals surface area contributed by atoms with Crippen molar-refractivity contribution in [2.45, 2.75) is 38.8 Å². The first-order valence-electron chi connectivity index (χ1n) is 9.89. The number of carboxylic acid groups (broad SMARTS) is 1. The Bertz CT molecular complexity index is 1090. The van der Waals surface area contributed by atoms with Gasteiger partial charge in [0.1, 0.15) is 12.1 Å². The average Bonchev–Trinajstić information content (AvgIpc) is 2.72. The third kappa shape index (κ3) is 4.92. The van der Waals surface area contributed by atoms with Gasteiger partial charge in [-0.05, 0) is 30.0 Å². The van der Waals surface area contributed by atoms with E-state index in [-0.39, 0.29) is 17.9 Å². The first-order valence-corrected chi connectivity index (χ1v) is 9.89. The molecule has 30 heavy (non-hydrogen) atoms. The molecule has 1 aromatic heterocycles. The molecule has 2 atom stereocenters. The molecule has 1 amide bonds. The number of nitrogens with one attached hydrogen (secondary N) is 1. The summed E-state index contributed by atoms with van der Waals surface area (Å²) < 4.78 is 1.29. The second kappa shape index (κ2) is 9.35. The van der Waals surface area contributed by atoms with E-state index in [9.17, 15) is 19.5 Å². The SMILES string of the molecule is CC(C)CC(NC(=O)C(Cc1ccccc1)n1cnc2ccccc2c1=O)C(=O)O. The van der Waals surface area contributed by atoms with Crippen LogP contribution >= 0.6 is 0 Å². The van der Waals surface area contributed by atoms with E-state index in [1.807, 2.05) is 44.2 Å². The molecule has 1 heterocycles. The van der Waals surface area contributed by atoms with Crippen molar-refractivity contribution >= 4 is 22.8 Å². The van der Waals surface area contributed by atoms with E-state index >= 15 is 0 Å². The van der Waals surface area contributed by atoms with Gasteiger partial charge in [-0.1, -0.05) is 56.3 Å². The highest BCUT2D eigenvalue weighted by molar-refractivity contribution is 5.86. The van der Waals surface area contributed by atoms with Crippen molar-refractivity contribution < 1.29 is 14.7 Å². The molecule has 3 aromatic rings. The van der Waals surface area contributed by atoms with Crippen LogP contribution < -0.4 is 10.9 Å². The molecular formula is C23H25N3O4. The maximum atomic E-state index is 13.2. The van der Waals surface area contributed by atoms with Crippen molar-refractivity contribution in [3.8, 4) is 0 Å². The molecule has 0 fully saturated rings. The second-order valence-corrected chi connectivity index (χ2v) is 7.71. The van der Waals surface area contributed by atoms with Crippen molar-refractivity contribution in [1.82, 2.24) is 14.9 Å². The number of nitrogens with zero attached hydrogens (tertiary/aromatic N) is 2. The first kappa shape index (κ1) is 21.2. The van der Waals surface area contributed by atoms with Crippen LogP contribution in [0.1, 0.15) is 31.9 Å². The summed E-state index contributed by atoms with van der Waals surface area (Å²) >= 11 is 0. The molecule has 3 rings (SSSR count). The lowest BCUT2D eigenvalue weighted by atomic mass is 10.0. The largest absolute Gasteiger partial charge is 0.480 e. The van der Waals surface area contributed by atoms with E-state index < -0.39 is 24.0 Å². The number of carboxylic acids is 1. The van der Waals surface area contributed by atoms with Crippen LogP contribution in [0.3, 0.4) is 0 Å². The van der Waals surface area contributed by atoms with Crippen LogP contribution in [0, 0.1) is 5.92 Å². The summed E-state index contributed by atoms with van der Waals surface area (Å²) in [5.74, 6) is -1.53. The lowest BCUT2D eigenvalue weighted by Crippen LogP contribution is -2.46. The Kier molecular flexibility index (Phi) is 6.61. The van der Waals surface area contributed by atoms with Gasteiger partial charge in [0.15, 0.2) is 0 Å². The Morgan fingerprint density at radius 2 is 1.73 bits per heavy atom. The molecule has 7 nitrogen and oxygen atoms in total. The number of amides is 1. The highest BCUT2D eigenvalue weighted by atomic mass is 16.4. The van der Waals surface area contributed by atoms with Crippen LogP contribution in [0.4, 0.5) is 0 Å². The molecule has 2 N–H and O–H groups in total. The van der Waals surface area contributed by atoms with Crippen LogP contribution in [-0.4, -0.2) is 32.6 Å².